The number of carbonyl (C=O) groups is 2. The van der Waals surface area contributed by atoms with Crippen molar-refractivity contribution in [2.45, 2.75) is 0 Å². The number of nitrogens with one attached hydrogen (secondary N) is 1. The lowest BCUT2D eigenvalue weighted by atomic mass is 10.1. The summed E-state index contributed by atoms with van der Waals surface area (Å²) in [6, 6.07) is 17.2. The van der Waals surface area contributed by atoms with Gasteiger partial charge in [-0.05, 0) is 12.1 Å². The van der Waals surface area contributed by atoms with Crippen LogP contribution in [0.3, 0.4) is 0 Å². The largest absolute Gasteiger partial charge is 0.478 e. The summed E-state index contributed by atoms with van der Waals surface area (Å²) in [4.78, 5) is 26.6. The summed E-state index contributed by atoms with van der Waals surface area (Å²) in [7, 11) is 0. The number of carbonyl (C=O) groups excluding carboxylic acids is 1. The summed E-state index contributed by atoms with van der Waals surface area (Å²) in [5.41, 5.74) is 3.47. The van der Waals surface area contributed by atoms with Gasteiger partial charge in [0.15, 0.2) is 0 Å². The van der Waals surface area contributed by atoms with Crippen LogP contribution in [-0.2, 0) is 9.59 Å². The van der Waals surface area contributed by atoms with Crippen LogP contribution in [0.2, 0.25) is 0 Å². The number of hydrogen-bond acceptors (Lipinski definition) is 4. The van der Waals surface area contributed by atoms with Gasteiger partial charge in [-0.3, -0.25) is 4.79 Å². The fourth-order valence-corrected chi connectivity index (χ4v) is 3.01. The fraction of sp³-hybridized carbons (Fsp3) is 0. The summed E-state index contributed by atoms with van der Waals surface area (Å²) in [5, 5.41) is 14.0. The minimum atomic E-state index is -1.16. The second-order valence-corrected chi connectivity index (χ2v) is 6.00. The van der Waals surface area contributed by atoms with Crippen molar-refractivity contribution >= 4 is 28.9 Å². The normalized spacial score (nSPS) is 10.7. The van der Waals surface area contributed by atoms with E-state index in [1.807, 2.05) is 47.8 Å². The molecule has 5 nitrogen and oxygen atoms in total. The van der Waals surface area contributed by atoms with Gasteiger partial charge in [0.2, 0.25) is 5.91 Å². The Balaban J connectivity index is 1.72. The maximum Gasteiger partial charge on any atom is 0.328 e. The van der Waals surface area contributed by atoms with Crippen LogP contribution in [-0.4, -0.2) is 22.0 Å². The van der Waals surface area contributed by atoms with Gasteiger partial charge in [-0.1, -0.05) is 42.5 Å². The molecule has 0 atom stereocenters. The number of amides is 1. The average molecular weight is 350 g/mol. The molecule has 0 unspecified atom stereocenters. The van der Waals surface area contributed by atoms with Crippen molar-refractivity contribution in [1.29, 1.82) is 0 Å². The number of carboxylic acid groups (broad SMARTS) is 1. The molecule has 0 fully saturated rings. The molecule has 3 aromatic rings. The number of aromatic nitrogens is 1. The van der Waals surface area contributed by atoms with Gasteiger partial charge in [0.1, 0.15) is 5.01 Å². The molecule has 0 saturated carbocycles. The lowest BCUT2D eigenvalue weighted by molar-refractivity contribution is -0.131. The van der Waals surface area contributed by atoms with E-state index in [1.165, 1.54) is 0 Å². The van der Waals surface area contributed by atoms with E-state index in [-0.39, 0.29) is 0 Å². The fourth-order valence-electron chi connectivity index (χ4n) is 2.17. The molecule has 1 heterocycles. The predicted octanol–water partition coefficient (Wildman–Crippen LogP) is 4.06. The first-order valence-corrected chi connectivity index (χ1v) is 8.33. The summed E-state index contributed by atoms with van der Waals surface area (Å²) >= 11 is 1.58. The minimum absolute atomic E-state index is 0.491. The molecule has 1 aromatic heterocycles. The number of benzene rings is 2. The van der Waals surface area contributed by atoms with E-state index in [0.29, 0.717) is 5.69 Å². The topological polar surface area (TPSA) is 79.3 Å². The minimum Gasteiger partial charge on any atom is -0.478 e. The molecule has 6 heteroatoms. The number of thiazole rings is 1. The Labute approximate surface area is 148 Å². The SMILES string of the molecule is O=C(O)/C=C\C(=O)Nc1ccc(-c2csc(-c3ccccc3)n2)cc1. The van der Waals surface area contributed by atoms with Crippen molar-refractivity contribution in [3.63, 3.8) is 0 Å². The average Bonchev–Trinajstić information content (AvgIpc) is 3.11. The molecule has 0 bridgehead atoms. The molecule has 0 saturated heterocycles. The van der Waals surface area contributed by atoms with E-state index in [1.54, 1.807) is 23.5 Å². The predicted molar refractivity (Wildman–Crippen MR) is 98.4 cm³/mol. The van der Waals surface area contributed by atoms with E-state index < -0.39 is 11.9 Å². The van der Waals surface area contributed by atoms with Crippen molar-refractivity contribution in [3.8, 4) is 21.8 Å². The Hall–Kier alpha value is -3.25. The van der Waals surface area contributed by atoms with Crippen molar-refractivity contribution in [2.75, 3.05) is 5.32 Å². The third kappa shape index (κ3) is 4.39. The van der Waals surface area contributed by atoms with Gasteiger partial charge in [-0.25, -0.2) is 9.78 Å². The molecule has 0 aliphatic rings. The molecule has 25 heavy (non-hydrogen) atoms. The molecule has 0 aliphatic heterocycles. The number of aliphatic carboxylic acids is 1. The number of rotatable bonds is 5. The smallest absolute Gasteiger partial charge is 0.328 e. The van der Waals surface area contributed by atoms with Crippen LogP contribution < -0.4 is 5.32 Å². The van der Waals surface area contributed by atoms with Crippen molar-refractivity contribution in [1.82, 2.24) is 4.98 Å². The molecular weight excluding hydrogens is 336 g/mol. The first-order valence-electron chi connectivity index (χ1n) is 7.45. The molecule has 1 amide bonds. The third-order valence-corrected chi connectivity index (χ3v) is 4.24. The van der Waals surface area contributed by atoms with E-state index in [2.05, 4.69) is 10.3 Å². The van der Waals surface area contributed by atoms with Crippen LogP contribution in [0, 0.1) is 0 Å². The summed E-state index contributed by atoms with van der Waals surface area (Å²) < 4.78 is 0. The number of carboxylic acids is 1. The van der Waals surface area contributed by atoms with Gasteiger partial charge in [0.05, 0.1) is 5.69 Å². The Morgan fingerprint density at radius 1 is 0.960 bits per heavy atom. The van der Waals surface area contributed by atoms with Gasteiger partial charge in [0, 0.05) is 34.3 Å². The van der Waals surface area contributed by atoms with Gasteiger partial charge in [0.25, 0.3) is 0 Å². The maximum atomic E-state index is 11.6. The zero-order valence-corrected chi connectivity index (χ0v) is 13.9. The standard InChI is InChI=1S/C19H14N2O3S/c22-17(10-11-18(23)24)20-15-8-6-13(7-9-15)16-12-25-19(21-16)14-4-2-1-3-5-14/h1-12H,(H,20,22)(H,23,24)/b11-10-. The Morgan fingerprint density at radius 3 is 2.36 bits per heavy atom. The summed E-state index contributed by atoms with van der Waals surface area (Å²) in [6.07, 6.45) is 1.77. The van der Waals surface area contributed by atoms with Crippen LogP contribution >= 0.6 is 11.3 Å². The highest BCUT2D eigenvalue weighted by atomic mass is 32.1. The first-order chi connectivity index (χ1) is 12.1. The molecule has 2 N–H and O–H groups in total. The van der Waals surface area contributed by atoms with Crippen LogP contribution in [0.1, 0.15) is 0 Å². The molecule has 124 valence electrons. The second-order valence-electron chi connectivity index (χ2n) is 5.14. The van der Waals surface area contributed by atoms with E-state index in [9.17, 15) is 9.59 Å². The Morgan fingerprint density at radius 2 is 1.68 bits per heavy atom. The Kier molecular flexibility index (Phi) is 5.01. The van der Waals surface area contributed by atoms with E-state index in [4.69, 9.17) is 5.11 Å². The van der Waals surface area contributed by atoms with Crippen LogP contribution in [0.25, 0.3) is 21.8 Å². The molecule has 2 aromatic carbocycles. The number of nitrogens with zero attached hydrogens (tertiary/aromatic N) is 1. The van der Waals surface area contributed by atoms with Crippen molar-refractivity contribution < 1.29 is 14.7 Å². The molecular formula is C19H14N2O3S. The van der Waals surface area contributed by atoms with Gasteiger partial charge in [-0.2, -0.15) is 0 Å². The molecule has 0 spiro atoms. The van der Waals surface area contributed by atoms with Crippen LogP contribution in [0.15, 0.2) is 72.1 Å². The van der Waals surface area contributed by atoms with E-state index in [0.717, 1.165) is 34.0 Å². The highest BCUT2D eigenvalue weighted by molar-refractivity contribution is 7.13. The van der Waals surface area contributed by atoms with Gasteiger partial charge < -0.3 is 10.4 Å². The van der Waals surface area contributed by atoms with Crippen LogP contribution in [0.4, 0.5) is 5.69 Å². The zero-order valence-electron chi connectivity index (χ0n) is 13.0. The first kappa shape index (κ1) is 16.6. The van der Waals surface area contributed by atoms with Crippen LogP contribution in [0.5, 0.6) is 0 Å². The highest BCUT2D eigenvalue weighted by Gasteiger charge is 2.07. The lowest BCUT2D eigenvalue weighted by Crippen LogP contribution is -2.08. The third-order valence-electron chi connectivity index (χ3n) is 3.35. The molecule has 0 radical (unpaired) electrons. The summed E-state index contributed by atoms with van der Waals surface area (Å²) in [6.45, 7) is 0. The van der Waals surface area contributed by atoms with Crippen molar-refractivity contribution in [3.05, 3.63) is 72.1 Å². The number of hydrogen-bond donors (Lipinski definition) is 2. The summed E-state index contributed by atoms with van der Waals surface area (Å²) in [5.74, 6) is -1.65. The van der Waals surface area contributed by atoms with E-state index >= 15 is 0 Å². The monoisotopic (exact) mass is 350 g/mol. The maximum absolute atomic E-state index is 11.6. The number of anilines is 1. The lowest BCUT2D eigenvalue weighted by Gasteiger charge is -2.03. The van der Waals surface area contributed by atoms with Gasteiger partial charge in [-0.15, -0.1) is 11.3 Å². The quantitative estimate of drug-likeness (QED) is 0.680. The Bertz CT molecular complexity index is 915. The van der Waals surface area contributed by atoms with Crippen molar-refractivity contribution in [2.24, 2.45) is 0 Å². The molecule has 3 rings (SSSR count). The second kappa shape index (κ2) is 7.55. The highest BCUT2D eigenvalue weighted by Crippen LogP contribution is 2.29. The molecule has 0 aliphatic carbocycles. The zero-order chi connectivity index (χ0) is 17.6. The van der Waals surface area contributed by atoms with Gasteiger partial charge >= 0.3 is 5.97 Å².